The molecule has 3 N–H and O–H groups in total. The number of nitrogens with one attached hydrogen (secondary N) is 3. The van der Waals surface area contributed by atoms with Crippen LogP contribution < -0.4 is 10.6 Å². The molecule has 0 spiro atoms. The number of aromatic nitrogens is 1. The molecule has 1 fully saturated rings. The van der Waals surface area contributed by atoms with Crippen LogP contribution in [-0.4, -0.2) is 41.2 Å². The number of alkyl halides is 6. The minimum atomic E-state index is -4.82. The van der Waals surface area contributed by atoms with Gasteiger partial charge < -0.3 is 10.3 Å². The second kappa shape index (κ2) is 11.7. The second-order valence-corrected chi connectivity index (χ2v) is 9.59. The van der Waals surface area contributed by atoms with Crippen molar-refractivity contribution in [3.8, 4) is 0 Å². The van der Waals surface area contributed by atoms with Crippen molar-refractivity contribution in [1.29, 1.82) is 0 Å². The molecule has 2 heterocycles. The number of hydrogen-bond donors (Lipinski definition) is 3. The quantitative estimate of drug-likeness (QED) is 0.182. The fourth-order valence-electron chi connectivity index (χ4n) is 5.18. The Morgan fingerprint density at radius 3 is 1.90 bits per heavy atom. The van der Waals surface area contributed by atoms with Crippen LogP contribution in [0.25, 0.3) is 10.9 Å². The summed E-state index contributed by atoms with van der Waals surface area (Å²) < 4.78 is 82.2. The summed E-state index contributed by atoms with van der Waals surface area (Å²) in [4.78, 5) is 30.1. The zero-order valence-corrected chi connectivity index (χ0v) is 22.0. The number of rotatable bonds is 6. The highest BCUT2D eigenvalue weighted by Crippen LogP contribution is 2.34. The molecule has 1 saturated heterocycles. The second-order valence-electron chi connectivity index (χ2n) is 9.59. The maximum Gasteiger partial charge on any atom is 0.417 e. The van der Waals surface area contributed by atoms with Gasteiger partial charge >= 0.3 is 12.4 Å². The Labute approximate surface area is 236 Å². The number of benzene rings is 3. The predicted octanol–water partition coefficient (Wildman–Crippen LogP) is 6.23. The molecule has 41 heavy (non-hydrogen) atoms. The molecule has 0 amide bonds. The number of aromatic amines is 1. The van der Waals surface area contributed by atoms with E-state index >= 15 is 0 Å². The standard InChI is InChI=1S/C29H23F6N3O2.ClH/c30-28(31,32)20-10-4-1-8-18(20)26(39)24-15-37-23(13-16-14-36-22-12-6-3-7-17(16)22)25(38-24)27(40)19-9-2-5-11-21(19)29(33,34)35;/h1-12,14,23-25,36-38H,13,15H2;1H. The van der Waals surface area contributed by atoms with Crippen LogP contribution >= 0.6 is 12.4 Å². The molecule has 216 valence electrons. The number of H-pyrrole nitrogens is 1. The lowest BCUT2D eigenvalue weighted by Crippen LogP contribution is -2.66. The number of carbonyl (C=O) groups is 2. The Hall–Kier alpha value is -3.67. The maximum atomic E-state index is 13.8. The van der Waals surface area contributed by atoms with Gasteiger partial charge in [0.15, 0.2) is 11.6 Å². The average molecular weight is 596 g/mol. The Morgan fingerprint density at radius 1 is 0.756 bits per heavy atom. The van der Waals surface area contributed by atoms with Crippen LogP contribution in [0.5, 0.6) is 0 Å². The van der Waals surface area contributed by atoms with E-state index in [4.69, 9.17) is 0 Å². The molecule has 4 aromatic rings. The SMILES string of the molecule is Cl.O=C(c1ccccc1C(F)(F)F)C1CNC(Cc2c[nH]c3ccccc23)C(C(=O)c2ccccc2C(F)(F)F)N1. The molecule has 3 aromatic carbocycles. The van der Waals surface area contributed by atoms with Gasteiger partial charge in [0, 0.05) is 40.8 Å². The Bertz CT molecular complexity index is 1570. The lowest BCUT2D eigenvalue weighted by atomic mass is 9.87. The topological polar surface area (TPSA) is 74.0 Å². The zero-order chi connectivity index (χ0) is 28.7. The normalized spacial score (nSPS) is 19.5. The maximum absolute atomic E-state index is 13.8. The minimum Gasteiger partial charge on any atom is -0.361 e. The predicted molar refractivity (Wildman–Crippen MR) is 143 cm³/mol. The molecule has 0 saturated carbocycles. The summed E-state index contributed by atoms with van der Waals surface area (Å²) in [7, 11) is 0. The van der Waals surface area contributed by atoms with Crippen LogP contribution in [0.1, 0.15) is 37.4 Å². The molecule has 1 aliphatic rings. The Kier molecular flexibility index (Phi) is 8.62. The van der Waals surface area contributed by atoms with Crippen molar-refractivity contribution in [2.75, 3.05) is 6.54 Å². The lowest BCUT2D eigenvalue weighted by Gasteiger charge is -2.37. The number of halogens is 7. The van der Waals surface area contributed by atoms with E-state index in [1.54, 1.807) is 6.20 Å². The summed E-state index contributed by atoms with van der Waals surface area (Å²) in [6.07, 6.45) is -7.69. The third-order valence-corrected chi connectivity index (χ3v) is 7.08. The first-order valence-corrected chi connectivity index (χ1v) is 12.4. The Morgan fingerprint density at radius 2 is 1.29 bits per heavy atom. The van der Waals surface area contributed by atoms with Crippen LogP contribution in [0.2, 0.25) is 0 Å². The fraction of sp³-hybridized carbons (Fsp3) is 0.241. The van der Waals surface area contributed by atoms with Gasteiger partial charge in [-0.3, -0.25) is 14.9 Å². The highest BCUT2D eigenvalue weighted by Gasteiger charge is 2.43. The van der Waals surface area contributed by atoms with Gasteiger partial charge in [-0.05, 0) is 30.2 Å². The van der Waals surface area contributed by atoms with Gasteiger partial charge in [0.1, 0.15) is 0 Å². The van der Waals surface area contributed by atoms with Crippen LogP contribution in [-0.2, 0) is 18.8 Å². The summed E-state index contributed by atoms with van der Waals surface area (Å²) in [5.74, 6) is -1.85. The first-order valence-electron chi connectivity index (χ1n) is 12.4. The van der Waals surface area contributed by atoms with Gasteiger partial charge in [-0.25, -0.2) is 0 Å². The monoisotopic (exact) mass is 595 g/mol. The molecule has 5 nitrogen and oxygen atoms in total. The number of Topliss-reactive ketones (excluding diaryl/α,β-unsaturated/α-hetero) is 2. The number of ketones is 2. The molecule has 0 radical (unpaired) electrons. The third kappa shape index (κ3) is 6.17. The largest absolute Gasteiger partial charge is 0.417 e. The number of para-hydroxylation sites is 1. The summed E-state index contributed by atoms with van der Waals surface area (Å²) in [5, 5.41) is 6.72. The van der Waals surface area contributed by atoms with E-state index in [0.717, 1.165) is 52.9 Å². The van der Waals surface area contributed by atoms with Crippen LogP contribution in [0, 0.1) is 0 Å². The molecule has 5 rings (SSSR count). The summed E-state index contributed by atoms with van der Waals surface area (Å²) in [5.41, 5.74) is -1.85. The van der Waals surface area contributed by atoms with E-state index in [-0.39, 0.29) is 25.4 Å². The van der Waals surface area contributed by atoms with Gasteiger partial charge in [0.25, 0.3) is 0 Å². The minimum absolute atomic E-state index is 0. The smallest absolute Gasteiger partial charge is 0.361 e. The molecule has 0 bridgehead atoms. The number of piperazine rings is 1. The van der Waals surface area contributed by atoms with Crippen molar-refractivity contribution >= 4 is 34.9 Å². The third-order valence-electron chi connectivity index (χ3n) is 7.08. The molecular formula is C29H24ClF6N3O2. The average Bonchev–Trinajstić information content (AvgIpc) is 3.34. The molecule has 3 unspecified atom stereocenters. The van der Waals surface area contributed by atoms with E-state index in [2.05, 4.69) is 15.6 Å². The van der Waals surface area contributed by atoms with Crippen molar-refractivity contribution in [1.82, 2.24) is 15.6 Å². The van der Waals surface area contributed by atoms with Crippen molar-refractivity contribution in [2.24, 2.45) is 0 Å². The van der Waals surface area contributed by atoms with E-state index in [0.29, 0.717) is 0 Å². The molecule has 12 heteroatoms. The first kappa shape index (κ1) is 30.3. The van der Waals surface area contributed by atoms with Crippen LogP contribution in [0.4, 0.5) is 26.3 Å². The zero-order valence-electron chi connectivity index (χ0n) is 21.1. The van der Waals surface area contributed by atoms with Gasteiger partial charge in [-0.2, -0.15) is 26.3 Å². The van der Waals surface area contributed by atoms with Crippen LogP contribution in [0.15, 0.2) is 79.0 Å². The summed E-state index contributed by atoms with van der Waals surface area (Å²) in [6.45, 7) is -0.136. The van der Waals surface area contributed by atoms with E-state index in [1.165, 1.54) is 12.1 Å². The first-order chi connectivity index (χ1) is 18.9. The molecule has 1 aliphatic heterocycles. The van der Waals surface area contributed by atoms with Crippen molar-refractivity contribution < 1.29 is 35.9 Å². The fourth-order valence-corrected chi connectivity index (χ4v) is 5.18. The molecule has 1 aromatic heterocycles. The van der Waals surface area contributed by atoms with Gasteiger partial charge in [0.2, 0.25) is 0 Å². The molecular weight excluding hydrogens is 572 g/mol. The number of carbonyl (C=O) groups excluding carboxylic acids is 2. The van der Waals surface area contributed by atoms with E-state index in [9.17, 15) is 35.9 Å². The van der Waals surface area contributed by atoms with Crippen molar-refractivity contribution in [3.05, 3.63) is 107 Å². The van der Waals surface area contributed by atoms with Gasteiger partial charge in [-0.15, -0.1) is 12.4 Å². The highest BCUT2D eigenvalue weighted by molar-refractivity contribution is 6.05. The van der Waals surface area contributed by atoms with Crippen LogP contribution in [0.3, 0.4) is 0 Å². The highest BCUT2D eigenvalue weighted by atomic mass is 35.5. The lowest BCUT2D eigenvalue weighted by molar-refractivity contribution is -0.138. The van der Waals surface area contributed by atoms with Crippen molar-refractivity contribution in [2.45, 2.75) is 36.9 Å². The van der Waals surface area contributed by atoms with Gasteiger partial charge in [-0.1, -0.05) is 54.6 Å². The Balaban J connectivity index is 0.00000387. The van der Waals surface area contributed by atoms with Crippen molar-refractivity contribution in [3.63, 3.8) is 0 Å². The molecule has 0 aliphatic carbocycles. The van der Waals surface area contributed by atoms with E-state index < -0.39 is 64.3 Å². The van der Waals surface area contributed by atoms with E-state index in [1.807, 2.05) is 24.3 Å². The number of fused-ring (bicyclic) bond motifs is 1. The summed E-state index contributed by atoms with van der Waals surface area (Å²) >= 11 is 0. The number of hydrogen-bond acceptors (Lipinski definition) is 4. The summed E-state index contributed by atoms with van der Waals surface area (Å²) in [6, 6.07) is 12.5. The molecule has 3 atom stereocenters. The van der Waals surface area contributed by atoms with Gasteiger partial charge in [0.05, 0.1) is 23.2 Å².